The molecule has 1 aliphatic rings. The van der Waals surface area contributed by atoms with Crippen LogP contribution in [0.3, 0.4) is 0 Å². The number of likely N-dealkylation sites (N-methyl/N-ethyl adjacent to an activating group) is 1. The number of fused-ring (bicyclic) bond motifs is 2. The maximum atomic E-state index is 12.4. The summed E-state index contributed by atoms with van der Waals surface area (Å²) in [4.78, 5) is 14.6. The lowest BCUT2D eigenvalue weighted by molar-refractivity contribution is 0.0929. The highest BCUT2D eigenvalue weighted by molar-refractivity contribution is 5.97. The van der Waals surface area contributed by atoms with Crippen molar-refractivity contribution < 1.29 is 9.21 Å². The Morgan fingerprint density at radius 2 is 1.93 bits per heavy atom. The number of allylic oxidation sites excluding steroid dienone is 1. The van der Waals surface area contributed by atoms with Gasteiger partial charge in [-0.15, -0.1) is 0 Å². The Morgan fingerprint density at radius 1 is 1.17 bits per heavy atom. The molecule has 2 aromatic carbocycles. The molecule has 1 aromatic heterocycles. The summed E-state index contributed by atoms with van der Waals surface area (Å²) < 4.78 is 5.58. The van der Waals surface area contributed by atoms with E-state index in [1.54, 1.807) is 12.3 Å². The first kappa shape index (κ1) is 19.0. The van der Waals surface area contributed by atoms with Gasteiger partial charge in [-0.2, -0.15) is 5.10 Å². The van der Waals surface area contributed by atoms with Crippen LogP contribution >= 0.6 is 0 Å². The van der Waals surface area contributed by atoms with Crippen molar-refractivity contribution in [2.45, 2.75) is 33.2 Å². The molecule has 0 spiro atoms. The summed E-state index contributed by atoms with van der Waals surface area (Å²) >= 11 is 0. The van der Waals surface area contributed by atoms with Gasteiger partial charge >= 0.3 is 5.91 Å². The van der Waals surface area contributed by atoms with Gasteiger partial charge in [0.05, 0.1) is 11.8 Å². The number of nitrogens with one attached hydrogen (secondary N) is 1. The lowest BCUT2D eigenvalue weighted by Gasteiger charge is -2.41. The van der Waals surface area contributed by atoms with Crippen LogP contribution in [-0.4, -0.2) is 24.7 Å². The molecule has 0 atom stereocenters. The molecule has 0 saturated carbocycles. The van der Waals surface area contributed by atoms with Gasteiger partial charge in [-0.3, -0.25) is 4.79 Å². The van der Waals surface area contributed by atoms with Crippen molar-refractivity contribution in [2.75, 3.05) is 11.9 Å². The quantitative estimate of drug-likeness (QED) is 0.500. The third-order valence-electron chi connectivity index (χ3n) is 5.62. The minimum Gasteiger partial charge on any atom is -0.451 e. The highest BCUT2D eigenvalue weighted by Crippen LogP contribution is 2.38. The monoisotopic (exact) mass is 387 g/mol. The Morgan fingerprint density at radius 3 is 2.69 bits per heavy atom. The number of carbonyl (C=O) groups excluding carboxylic acids is 1. The molecule has 29 heavy (non-hydrogen) atoms. The minimum atomic E-state index is -0.370. The standard InChI is InChI=1S/C24H25N3O2/c1-15-10-20-19(16(2)13-24(3,4)27(20)5)11-18(15)14-25-26-23(28)22-12-17-8-6-7-9-21(17)29-22/h6-14H,1-5H3,(H,26,28)/b25-14-. The molecule has 4 rings (SSSR count). The largest absolute Gasteiger partial charge is 0.451 e. The van der Waals surface area contributed by atoms with Gasteiger partial charge in [0.25, 0.3) is 0 Å². The van der Waals surface area contributed by atoms with Gasteiger partial charge in [0.2, 0.25) is 0 Å². The summed E-state index contributed by atoms with van der Waals surface area (Å²) in [5.41, 5.74) is 8.91. The van der Waals surface area contributed by atoms with Crippen LogP contribution in [0.1, 0.15) is 48.0 Å². The molecule has 0 fully saturated rings. The maximum absolute atomic E-state index is 12.4. The van der Waals surface area contributed by atoms with E-state index in [-0.39, 0.29) is 17.2 Å². The number of hydrogen-bond donors (Lipinski definition) is 1. The van der Waals surface area contributed by atoms with E-state index in [0.29, 0.717) is 5.58 Å². The van der Waals surface area contributed by atoms with Gasteiger partial charge in [-0.25, -0.2) is 5.43 Å². The number of aryl methyl sites for hydroxylation is 1. The molecule has 3 aromatic rings. The van der Waals surface area contributed by atoms with E-state index in [9.17, 15) is 4.79 Å². The predicted molar refractivity (Wildman–Crippen MR) is 119 cm³/mol. The molecular weight excluding hydrogens is 362 g/mol. The molecule has 1 N–H and O–H groups in total. The van der Waals surface area contributed by atoms with E-state index in [4.69, 9.17) is 4.42 Å². The second kappa shape index (κ2) is 6.92. The Bertz CT molecular complexity index is 1140. The Balaban J connectivity index is 1.56. The topological polar surface area (TPSA) is 57.8 Å². The average molecular weight is 387 g/mol. The zero-order chi connectivity index (χ0) is 20.8. The summed E-state index contributed by atoms with van der Waals surface area (Å²) in [5, 5.41) is 5.04. The van der Waals surface area contributed by atoms with Gasteiger partial charge in [-0.05, 0) is 68.7 Å². The molecular formula is C24H25N3O2. The van der Waals surface area contributed by atoms with Crippen molar-refractivity contribution in [1.29, 1.82) is 0 Å². The normalized spacial score (nSPS) is 15.5. The number of hydrazone groups is 1. The van der Waals surface area contributed by atoms with E-state index in [2.05, 4.69) is 68.4 Å². The number of carbonyl (C=O) groups is 1. The number of anilines is 1. The van der Waals surface area contributed by atoms with Gasteiger partial charge in [0, 0.05) is 23.7 Å². The zero-order valence-corrected chi connectivity index (χ0v) is 17.4. The van der Waals surface area contributed by atoms with E-state index in [1.807, 2.05) is 24.3 Å². The molecule has 148 valence electrons. The molecule has 0 unspecified atom stereocenters. The fourth-order valence-corrected chi connectivity index (χ4v) is 3.77. The van der Waals surface area contributed by atoms with Crippen molar-refractivity contribution in [3.8, 4) is 0 Å². The van der Waals surface area contributed by atoms with Crippen molar-refractivity contribution in [3.63, 3.8) is 0 Å². The predicted octanol–water partition coefficient (Wildman–Crippen LogP) is 5.14. The molecule has 1 amide bonds. The lowest BCUT2D eigenvalue weighted by atomic mass is 9.87. The molecule has 5 nitrogen and oxygen atoms in total. The number of amides is 1. The third kappa shape index (κ3) is 3.44. The fourth-order valence-electron chi connectivity index (χ4n) is 3.77. The van der Waals surface area contributed by atoms with Crippen LogP contribution < -0.4 is 10.3 Å². The first-order valence-corrected chi connectivity index (χ1v) is 9.66. The second-order valence-electron chi connectivity index (χ2n) is 8.11. The molecule has 5 heteroatoms. The van der Waals surface area contributed by atoms with Crippen LogP contribution in [0.4, 0.5) is 5.69 Å². The maximum Gasteiger partial charge on any atom is 0.307 e. The summed E-state index contributed by atoms with van der Waals surface area (Å²) in [5.74, 6) is -0.126. The molecule has 0 saturated heterocycles. The Labute approximate surface area is 170 Å². The van der Waals surface area contributed by atoms with Crippen LogP contribution in [0.15, 0.2) is 58.1 Å². The van der Waals surface area contributed by atoms with Gasteiger partial charge in [-0.1, -0.05) is 24.3 Å². The van der Waals surface area contributed by atoms with Crippen LogP contribution in [-0.2, 0) is 0 Å². The second-order valence-corrected chi connectivity index (χ2v) is 8.11. The van der Waals surface area contributed by atoms with Crippen LogP contribution in [0.2, 0.25) is 0 Å². The third-order valence-corrected chi connectivity index (χ3v) is 5.62. The van der Waals surface area contributed by atoms with Gasteiger partial charge in [0.1, 0.15) is 5.58 Å². The van der Waals surface area contributed by atoms with E-state index in [0.717, 1.165) is 16.5 Å². The number of nitrogens with zero attached hydrogens (tertiary/aromatic N) is 2. The zero-order valence-electron chi connectivity index (χ0n) is 17.4. The van der Waals surface area contributed by atoms with Crippen molar-refractivity contribution >= 4 is 34.4 Å². The van der Waals surface area contributed by atoms with Crippen LogP contribution in [0.5, 0.6) is 0 Å². The summed E-state index contributed by atoms with van der Waals surface area (Å²) in [7, 11) is 2.11. The fraction of sp³-hybridized carbons (Fsp3) is 0.250. The van der Waals surface area contributed by atoms with E-state index < -0.39 is 0 Å². The van der Waals surface area contributed by atoms with Crippen molar-refractivity contribution in [1.82, 2.24) is 5.43 Å². The van der Waals surface area contributed by atoms with Gasteiger partial charge in [0.15, 0.2) is 5.76 Å². The lowest BCUT2D eigenvalue weighted by Crippen LogP contribution is -2.42. The highest BCUT2D eigenvalue weighted by atomic mass is 16.3. The number of benzene rings is 2. The van der Waals surface area contributed by atoms with Crippen LogP contribution in [0, 0.1) is 6.92 Å². The Hall–Kier alpha value is -3.34. The summed E-state index contributed by atoms with van der Waals surface area (Å²) in [6.07, 6.45) is 3.96. The minimum absolute atomic E-state index is 0.0281. The Kier molecular flexibility index (Phi) is 4.53. The highest BCUT2D eigenvalue weighted by Gasteiger charge is 2.28. The number of rotatable bonds is 3. The van der Waals surface area contributed by atoms with Crippen LogP contribution in [0.25, 0.3) is 16.5 Å². The van der Waals surface area contributed by atoms with Crippen molar-refractivity contribution in [3.05, 3.63) is 71.0 Å². The molecule has 1 aliphatic heterocycles. The SMILES string of the molecule is CC1=CC(C)(C)N(C)c2cc(C)c(/C=N\NC(=O)c3cc4ccccc4o3)cc21. The summed E-state index contributed by atoms with van der Waals surface area (Å²) in [6, 6.07) is 13.5. The van der Waals surface area contributed by atoms with Crippen molar-refractivity contribution in [2.24, 2.45) is 5.10 Å². The average Bonchev–Trinajstić information content (AvgIpc) is 3.11. The van der Waals surface area contributed by atoms with Gasteiger partial charge < -0.3 is 9.32 Å². The molecule has 0 bridgehead atoms. The molecule has 0 radical (unpaired) electrons. The number of para-hydroxylation sites is 1. The van der Waals surface area contributed by atoms with E-state index in [1.165, 1.54) is 16.8 Å². The molecule has 0 aliphatic carbocycles. The summed E-state index contributed by atoms with van der Waals surface area (Å²) in [6.45, 7) is 8.60. The first-order chi connectivity index (χ1) is 13.8. The molecule has 2 heterocycles. The van der Waals surface area contributed by atoms with E-state index >= 15 is 0 Å². The first-order valence-electron chi connectivity index (χ1n) is 9.66. The smallest absolute Gasteiger partial charge is 0.307 e. The number of hydrogen-bond acceptors (Lipinski definition) is 4. The number of furan rings is 1.